The molecule has 1 aromatic carbocycles. The lowest BCUT2D eigenvalue weighted by atomic mass is 9.92. The van der Waals surface area contributed by atoms with Crippen molar-refractivity contribution in [2.75, 3.05) is 33.4 Å². The average molecular weight is 491 g/mol. The molecule has 5 heterocycles. The van der Waals surface area contributed by atoms with E-state index in [4.69, 9.17) is 9.47 Å². The van der Waals surface area contributed by atoms with Crippen LogP contribution in [0.2, 0.25) is 0 Å². The summed E-state index contributed by atoms with van der Waals surface area (Å²) >= 11 is 0. The van der Waals surface area contributed by atoms with E-state index in [-0.39, 0.29) is 17.6 Å². The van der Waals surface area contributed by atoms with Crippen molar-refractivity contribution in [3.8, 4) is 16.9 Å². The molecule has 9 nitrogen and oxygen atoms in total. The van der Waals surface area contributed by atoms with Crippen molar-refractivity contribution in [1.82, 2.24) is 29.0 Å². The first kappa shape index (κ1) is 23.2. The minimum atomic E-state index is -0.0278. The quantitative estimate of drug-likeness (QED) is 0.455. The maximum atomic E-state index is 13.3. The number of aromatic nitrogens is 5. The molecule has 2 saturated heterocycles. The van der Waals surface area contributed by atoms with Gasteiger partial charge in [-0.2, -0.15) is 5.10 Å². The van der Waals surface area contributed by atoms with Gasteiger partial charge in [-0.05, 0) is 67.5 Å². The van der Waals surface area contributed by atoms with Crippen LogP contribution in [0.3, 0.4) is 0 Å². The van der Waals surface area contributed by atoms with Crippen LogP contribution >= 0.6 is 0 Å². The molecular weight excluding hydrogens is 456 g/mol. The summed E-state index contributed by atoms with van der Waals surface area (Å²) in [6.07, 6.45) is 7.78. The summed E-state index contributed by atoms with van der Waals surface area (Å²) in [4.78, 5) is 23.4. The molecule has 0 saturated carbocycles. The van der Waals surface area contributed by atoms with E-state index in [0.717, 1.165) is 74.1 Å². The molecule has 2 aliphatic heterocycles. The number of fused-ring (bicyclic) bond motifs is 2. The Morgan fingerprint density at radius 1 is 1.14 bits per heavy atom. The zero-order chi connectivity index (χ0) is 24.8. The van der Waals surface area contributed by atoms with Crippen LogP contribution in [-0.2, 0) is 4.74 Å². The third kappa shape index (κ3) is 4.00. The Morgan fingerprint density at radius 3 is 2.75 bits per heavy atom. The van der Waals surface area contributed by atoms with Crippen molar-refractivity contribution in [3.05, 3.63) is 46.8 Å². The van der Waals surface area contributed by atoms with Crippen LogP contribution in [0.25, 0.3) is 27.8 Å². The fourth-order valence-electron chi connectivity index (χ4n) is 6.05. The Bertz CT molecular complexity index is 1450. The summed E-state index contributed by atoms with van der Waals surface area (Å²) < 4.78 is 14.9. The summed E-state index contributed by atoms with van der Waals surface area (Å²) in [5.41, 5.74) is 5.73. The number of hydrogen-bond acceptors (Lipinski definition) is 6. The monoisotopic (exact) mass is 490 g/mol. The van der Waals surface area contributed by atoms with E-state index in [9.17, 15) is 4.79 Å². The van der Waals surface area contributed by atoms with Gasteiger partial charge in [0.1, 0.15) is 6.33 Å². The first-order valence-electron chi connectivity index (χ1n) is 13.0. The lowest BCUT2D eigenvalue weighted by molar-refractivity contribution is 0.0191. The molecule has 0 spiro atoms. The third-order valence-electron chi connectivity index (χ3n) is 7.88. The van der Waals surface area contributed by atoms with E-state index in [1.54, 1.807) is 11.6 Å². The first-order valence-corrected chi connectivity index (χ1v) is 13.0. The second-order valence-corrected chi connectivity index (χ2v) is 10.4. The van der Waals surface area contributed by atoms with Crippen molar-refractivity contribution in [3.63, 3.8) is 0 Å². The highest BCUT2D eigenvalue weighted by Gasteiger charge is 2.30. The molecule has 0 radical (unpaired) electrons. The van der Waals surface area contributed by atoms with E-state index in [0.29, 0.717) is 17.4 Å². The highest BCUT2D eigenvalue weighted by atomic mass is 16.5. The SMILES string of the molecule is COc1cc(-c2cc3[nH]c(=O)n([C@H]4CCCN(C5CCOCC5)C4)c3cc2C(C)C)cn2ncnc12. The highest BCUT2D eigenvalue weighted by molar-refractivity contribution is 5.85. The van der Waals surface area contributed by atoms with E-state index in [1.165, 1.54) is 11.9 Å². The number of methoxy groups -OCH3 is 1. The molecule has 0 bridgehead atoms. The van der Waals surface area contributed by atoms with Gasteiger partial charge < -0.3 is 14.5 Å². The number of nitrogens with one attached hydrogen (secondary N) is 1. The predicted octanol–water partition coefficient (Wildman–Crippen LogP) is 3.99. The Balaban J connectivity index is 1.43. The van der Waals surface area contributed by atoms with Crippen LogP contribution in [0.4, 0.5) is 0 Å². The van der Waals surface area contributed by atoms with Crippen LogP contribution in [-0.4, -0.2) is 68.5 Å². The van der Waals surface area contributed by atoms with Gasteiger partial charge >= 0.3 is 5.69 Å². The number of H-pyrrole nitrogens is 1. The maximum absolute atomic E-state index is 13.3. The molecule has 2 fully saturated rings. The van der Waals surface area contributed by atoms with E-state index in [2.05, 4.69) is 45.9 Å². The Hall–Kier alpha value is -3.17. The Morgan fingerprint density at radius 2 is 1.97 bits per heavy atom. The largest absolute Gasteiger partial charge is 0.493 e. The summed E-state index contributed by atoms with van der Waals surface area (Å²) in [6, 6.07) is 7.04. The summed E-state index contributed by atoms with van der Waals surface area (Å²) in [6.45, 7) is 8.08. The van der Waals surface area contributed by atoms with Crippen LogP contribution in [0, 0.1) is 0 Å². The lowest BCUT2D eigenvalue weighted by Gasteiger charge is -2.40. The molecule has 9 heteroatoms. The molecule has 0 aliphatic carbocycles. The molecule has 1 atom stereocenters. The number of benzene rings is 1. The number of likely N-dealkylation sites (tertiary alicyclic amines) is 1. The van der Waals surface area contributed by atoms with E-state index >= 15 is 0 Å². The molecule has 4 aromatic rings. The predicted molar refractivity (Wildman–Crippen MR) is 139 cm³/mol. The zero-order valence-corrected chi connectivity index (χ0v) is 21.2. The van der Waals surface area contributed by atoms with Crippen molar-refractivity contribution in [1.29, 1.82) is 0 Å². The molecule has 0 unspecified atom stereocenters. The number of hydrogen-bond donors (Lipinski definition) is 1. The second kappa shape index (κ2) is 9.37. The van der Waals surface area contributed by atoms with Gasteiger partial charge in [-0.15, -0.1) is 0 Å². The van der Waals surface area contributed by atoms with Gasteiger partial charge in [-0.3, -0.25) is 9.47 Å². The molecule has 2 aliphatic rings. The molecule has 36 heavy (non-hydrogen) atoms. The number of aromatic amines is 1. The normalized spacial score (nSPS) is 20.1. The first-order chi connectivity index (χ1) is 17.5. The van der Waals surface area contributed by atoms with Crippen molar-refractivity contribution in [2.24, 2.45) is 0 Å². The number of nitrogens with zero attached hydrogens (tertiary/aromatic N) is 5. The van der Waals surface area contributed by atoms with Crippen LogP contribution in [0.1, 0.15) is 57.1 Å². The summed E-state index contributed by atoms with van der Waals surface area (Å²) in [7, 11) is 1.64. The van der Waals surface area contributed by atoms with Crippen molar-refractivity contribution < 1.29 is 9.47 Å². The number of pyridine rings is 1. The van der Waals surface area contributed by atoms with Gasteiger partial charge in [0.25, 0.3) is 0 Å². The summed E-state index contributed by atoms with van der Waals surface area (Å²) in [5, 5.41) is 4.33. The zero-order valence-electron chi connectivity index (χ0n) is 21.2. The fourth-order valence-corrected chi connectivity index (χ4v) is 6.05. The van der Waals surface area contributed by atoms with Gasteiger partial charge in [0, 0.05) is 37.6 Å². The maximum Gasteiger partial charge on any atom is 0.326 e. The van der Waals surface area contributed by atoms with E-state index < -0.39 is 0 Å². The number of piperidine rings is 1. The van der Waals surface area contributed by atoms with Gasteiger partial charge in [0.2, 0.25) is 0 Å². The van der Waals surface area contributed by atoms with Gasteiger partial charge in [0.15, 0.2) is 11.4 Å². The lowest BCUT2D eigenvalue weighted by Crippen LogP contribution is -2.46. The number of ether oxygens (including phenoxy) is 2. The topological polar surface area (TPSA) is 89.7 Å². The Labute approximate surface area is 210 Å². The van der Waals surface area contributed by atoms with Crippen molar-refractivity contribution in [2.45, 2.75) is 57.5 Å². The smallest absolute Gasteiger partial charge is 0.326 e. The number of rotatable bonds is 5. The van der Waals surface area contributed by atoms with E-state index in [1.807, 2.05) is 16.8 Å². The minimum absolute atomic E-state index is 0.0278. The molecule has 6 rings (SSSR count). The molecule has 1 N–H and O–H groups in total. The van der Waals surface area contributed by atoms with Crippen molar-refractivity contribution >= 4 is 16.7 Å². The second-order valence-electron chi connectivity index (χ2n) is 10.4. The fraction of sp³-hybridized carbons (Fsp3) is 0.519. The Kier molecular flexibility index (Phi) is 6.05. The number of imidazole rings is 1. The van der Waals surface area contributed by atoms with Gasteiger partial charge in [0.05, 0.1) is 24.2 Å². The standard InChI is InChI=1S/C27H34N6O3/c1-17(2)21-13-24-23(12-22(21)18-11-25(35-3)26-28-16-29-32(26)14-18)30-27(34)33(24)20-5-4-8-31(15-20)19-6-9-36-10-7-19/h11-14,16-17,19-20H,4-10,15H2,1-3H3,(H,30,34)/t20-/m0/s1. The van der Waals surface area contributed by atoms with Gasteiger partial charge in [-0.1, -0.05) is 13.8 Å². The van der Waals surface area contributed by atoms with Crippen LogP contribution < -0.4 is 10.4 Å². The third-order valence-corrected chi connectivity index (χ3v) is 7.88. The molecule has 0 amide bonds. The van der Waals surface area contributed by atoms with Gasteiger partial charge in [-0.25, -0.2) is 14.3 Å². The molecule has 190 valence electrons. The van der Waals surface area contributed by atoms with Crippen LogP contribution in [0.5, 0.6) is 5.75 Å². The molecular formula is C27H34N6O3. The highest BCUT2D eigenvalue weighted by Crippen LogP contribution is 2.36. The molecule has 3 aromatic heterocycles. The minimum Gasteiger partial charge on any atom is -0.493 e. The average Bonchev–Trinajstić information content (AvgIpc) is 3.51. The van der Waals surface area contributed by atoms with Crippen LogP contribution in [0.15, 0.2) is 35.5 Å². The summed E-state index contributed by atoms with van der Waals surface area (Å²) in [5.74, 6) is 0.937.